The first-order valence-corrected chi connectivity index (χ1v) is 9.18. The monoisotopic (exact) mass is 319 g/mol. The molecule has 1 saturated carbocycles. The van der Waals surface area contributed by atoms with Gasteiger partial charge in [0.05, 0.1) is 18.8 Å². The van der Waals surface area contributed by atoms with E-state index in [2.05, 4.69) is 32.6 Å². The van der Waals surface area contributed by atoms with Crippen molar-refractivity contribution in [1.82, 2.24) is 4.90 Å². The Morgan fingerprint density at radius 3 is 1.50 bits per heavy atom. The second-order valence-electron chi connectivity index (χ2n) is 6.08. The number of nitrogens with zero attached hydrogens (tertiary/aromatic N) is 1. The molecule has 1 aliphatic heterocycles. The van der Waals surface area contributed by atoms with Crippen molar-refractivity contribution in [2.45, 2.75) is 104 Å². The molecule has 2 rings (SSSR count). The fourth-order valence-electron chi connectivity index (χ4n) is 2.53. The molecular formula is C18H41NO3. The maximum Gasteiger partial charge on any atom is 0.0569 e. The smallest absolute Gasteiger partial charge is 0.0569 e. The van der Waals surface area contributed by atoms with Crippen LogP contribution in [0.15, 0.2) is 0 Å². The van der Waals surface area contributed by atoms with E-state index in [1.165, 1.54) is 12.8 Å². The predicted octanol–water partition coefficient (Wildman–Crippen LogP) is 3.19. The number of rotatable bonds is 2. The third kappa shape index (κ3) is 11.4. The summed E-state index contributed by atoms with van der Waals surface area (Å²) < 4.78 is 0. The molecule has 1 unspecified atom stereocenters. The summed E-state index contributed by atoms with van der Waals surface area (Å²) in [5.41, 5.74) is 0. The topological polar surface area (TPSA) is 63.9 Å². The van der Waals surface area contributed by atoms with E-state index in [0.29, 0.717) is 12.1 Å². The van der Waals surface area contributed by atoms with E-state index in [4.69, 9.17) is 10.2 Å². The Hall–Kier alpha value is -0.160. The average Bonchev–Trinajstić information content (AvgIpc) is 2.44. The number of piperidine rings is 1. The molecule has 0 bridgehead atoms. The maximum atomic E-state index is 9.45. The number of aliphatic hydroxyl groups is 3. The quantitative estimate of drug-likeness (QED) is 0.731. The Bertz CT molecular complexity index is 210. The lowest BCUT2D eigenvalue weighted by Crippen LogP contribution is -2.49. The molecule has 4 nitrogen and oxygen atoms in total. The van der Waals surface area contributed by atoms with Gasteiger partial charge in [-0.25, -0.2) is 0 Å². The van der Waals surface area contributed by atoms with Crippen LogP contribution in [0.3, 0.4) is 0 Å². The molecule has 1 aliphatic carbocycles. The SMILES string of the molecule is CC.CCC.C[C@@H]1CC(O)C[C@H](C)N1CCO.OC1CCC1. The van der Waals surface area contributed by atoms with Crippen LogP contribution in [-0.4, -0.2) is 57.7 Å². The van der Waals surface area contributed by atoms with Gasteiger partial charge < -0.3 is 15.3 Å². The molecule has 0 spiro atoms. The molecule has 0 radical (unpaired) electrons. The van der Waals surface area contributed by atoms with Crippen molar-refractivity contribution in [2.24, 2.45) is 0 Å². The number of hydrogen-bond acceptors (Lipinski definition) is 4. The molecule has 22 heavy (non-hydrogen) atoms. The molecule has 0 amide bonds. The second-order valence-corrected chi connectivity index (χ2v) is 6.08. The first kappa shape index (κ1) is 24.1. The van der Waals surface area contributed by atoms with Crippen LogP contribution in [0.25, 0.3) is 0 Å². The summed E-state index contributed by atoms with van der Waals surface area (Å²) in [6.07, 6.45) is 6.16. The van der Waals surface area contributed by atoms with Gasteiger partial charge in [0.1, 0.15) is 0 Å². The molecular weight excluding hydrogens is 278 g/mol. The lowest BCUT2D eigenvalue weighted by molar-refractivity contribution is 0.00538. The Kier molecular flexibility index (Phi) is 17.2. The first-order valence-electron chi connectivity index (χ1n) is 9.18. The van der Waals surface area contributed by atoms with E-state index < -0.39 is 0 Å². The van der Waals surface area contributed by atoms with E-state index >= 15 is 0 Å². The van der Waals surface area contributed by atoms with Gasteiger partial charge in [-0.3, -0.25) is 4.90 Å². The van der Waals surface area contributed by atoms with Gasteiger partial charge in [0.2, 0.25) is 0 Å². The van der Waals surface area contributed by atoms with Crippen LogP contribution in [-0.2, 0) is 0 Å². The van der Waals surface area contributed by atoms with Crippen molar-refractivity contribution in [3.63, 3.8) is 0 Å². The molecule has 3 N–H and O–H groups in total. The van der Waals surface area contributed by atoms with Gasteiger partial charge in [0, 0.05) is 18.6 Å². The molecule has 3 atom stereocenters. The zero-order valence-electron chi connectivity index (χ0n) is 15.8. The first-order chi connectivity index (χ1) is 10.5. The summed E-state index contributed by atoms with van der Waals surface area (Å²) in [5, 5.41) is 26.7. The molecule has 136 valence electrons. The number of aliphatic hydroxyl groups excluding tert-OH is 3. The summed E-state index contributed by atoms with van der Waals surface area (Å²) in [4.78, 5) is 2.26. The molecule has 0 aromatic heterocycles. The third-order valence-corrected chi connectivity index (χ3v) is 3.79. The second kappa shape index (κ2) is 15.7. The fraction of sp³-hybridized carbons (Fsp3) is 1.00. The third-order valence-electron chi connectivity index (χ3n) is 3.79. The summed E-state index contributed by atoms with van der Waals surface area (Å²) in [6.45, 7) is 13.4. The zero-order chi connectivity index (χ0) is 17.5. The van der Waals surface area contributed by atoms with Crippen molar-refractivity contribution in [3.05, 3.63) is 0 Å². The summed E-state index contributed by atoms with van der Waals surface area (Å²) in [6, 6.07) is 0.798. The molecule has 0 aromatic carbocycles. The maximum absolute atomic E-state index is 9.45. The van der Waals surface area contributed by atoms with E-state index in [0.717, 1.165) is 32.2 Å². The van der Waals surface area contributed by atoms with Gasteiger partial charge in [0.15, 0.2) is 0 Å². The lowest BCUT2D eigenvalue weighted by atomic mass is 9.95. The highest BCUT2D eigenvalue weighted by atomic mass is 16.3. The van der Waals surface area contributed by atoms with Crippen molar-refractivity contribution < 1.29 is 15.3 Å². The van der Waals surface area contributed by atoms with E-state index in [1.807, 2.05) is 13.8 Å². The van der Waals surface area contributed by atoms with Gasteiger partial charge >= 0.3 is 0 Å². The van der Waals surface area contributed by atoms with Gasteiger partial charge in [-0.1, -0.05) is 34.1 Å². The molecule has 0 aromatic rings. The minimum Gasteiger partial charge on any atom is -0.395 e. The number of likely N-dealkylation sites (tertiary alicyclic amines) is 1. The lowest BCUT2D eigenvalue weighted by Gasteiger charge is -2.40. The minimum atomic E-state index is -0.148. The fourth-order valence-corrected chi connectivity index (χ4v) is 2.53. The summed E-state index contributed by atoms with van der Waals surface area (Å²) in [7, 11) is 0. The van der Waals surface area contributed by atoms with E-state index in [1.54, 1.807) is 0 Å². The highest BCUT2D eigenvalue weighted by Crippen LogP contribution is 2.22. The van der Waals surface area contributed by atoms with Gasteiger partial charge in [-0.15, -0.1) is 0 Å². The van der Waals surface area contributed by atoms with Crippen molar-refractivity contribution in [3.8, 4) is 0 Å². The van der Waals surface area contributed by atoms with Crippen molar-refractivity contribution >= 4 is 0 Å². The Labute approximate surface area is 138 Å². The molecule has 2 fully saturated rings. The normalized spacial score (nSPS) is 28.0. The molecule has 4 heteroatoms. The predicted molar refractivity (Wildman–Crippen MR) is 95.1 cm³/mol. The van der Waals surface area contributed by atoms with Crippen molar-refractivity contribution in [1.29, 1.82) is 0 Å². The van der Waals surface area contributed by atoms with Crippen LogP contribution in [0.2, 0.25) is 0 Å². The van der Waals surface area contributed by atoms with Crippen LogP contribution >= 0.6 is 0 Å². The van der Waals surface area contributed by atoms with Crippen molar-refractivity contribution in [2.75, 3.05) is 13.2 Å². The van der Waals surface area contributed by atoms with Gasteiger partial charge in [0.25, 0.3) is 0 Å². The molecule has 2 aliphatic rings. The van der Waals surface area contributed by atoms with E-state index in [9.17, 15) is 5.11 Å². The Morgan fingerprint density at radius 1 is 0.909 bits per heavy atom. The van der Waals surface area contributed by atoms with Crippen LogP contribution in [0, 0.1) is 0 Å². The largest absolute Gasteiger partial charge is 0.395 e. The molecule has 1 saturated heterocycles. The van der Waals surface area contributed by atoms with Crippen LogP contribution in [0.5, 0.6) is 0 Å². The Morgan fingerprint density at radius 2 is 1.27 bits per heavy atom. The summed E-state index contributed by atoms with van der Waals surface area (Å²) in [5.74, 6) is 0. The van der Waals surface area contributed by atoms with E-state index in [-0.39, 0.29) is 18.8 Å². The minimum absolute atomic E-state index is 0.0648. The van der Waals surface area contributed by atoms with Gasteiger partial charge in [-0.05, 0) is 46.0 Å². The van der Waals surface area contributed by atoms with Crippen LogP contribution in [0.1, 0.15) is 80.1 Å². The number of β-amino-alcohol motifs (C(OH)–C–C–N with tert-alkyl or cyclic N) is 1. The van der Waals surface area contributed by atoms with Gasteiger partial charge in [-0.2, -0.15) is 0 Å². The average molecular weight is 320 g/mol. The Balaban J connectivity index is 0. The number of hydrogen-bond donors (Lipinski definition) is 3. The highest BCUT2D eigenvalue weighted by Gasteiger charge is 2.28. The summed E-state index contributed by atoms with van der Waals surface area (Å²) >= 11 is 0. The standard InChI is InChI=1S/C9H19NO2.C4H8O.C3H8.C2H6/c1-7-5-9(12)6-8(2)10(7)3-4-11;5-4-2-1-3-4;1-3-2;1-2/h7-9,11-12H,3-6H2,1-2H3;4-5H,1-3H2;3H2,1-2H3;1-2H3/t7-,8+,9?;;;. The van der Waals surface area contributed by atoms with Crippen LogP contribution < -0.4 is 0 Å². The molecule has 1 heterocycles. The zero-order valence-corrected chi connectivity index (χ0v) is 15.8. The van der Waals surface area contributed by atoms with Crippen LogP contribution in [0.4, 0.5) is 0 Å². The highest BCUT2D eigenvalue weighted by molar-refractivity contribution is 4.83.